The number of aryl methyl sites for hydroxylation is 1. The van der Waals surface area contributed by atoms with Gasteiger partial charge in [-0.25, -0.2) is 0 Å². The smallest absolute Gasteiger partial charge is 0.416 e. The van der Waals surface area contributed by atoms with E-state index in [-0.39, 0.29) is 0 Å². The van der Waals surface area contributed by atoms with E-state index in [9.17, 15) is 18.4 Å². The van der Waals surface area contributed by atoms with Crippen LogP contribution in [0, 0.1) is 12.1 Å². The second kappa shape index (κ2) is 5.36. The number of rotatable bonds is 2. The van der Waals surface area contributed by atoms with E-state index in [2.05, 4.69) is 0 Å². The van der Waals surface area contributed by atoms with Gasteiger partial charge < -0.3 is 5.21 Å². The van der Waals surface area contributed by atoms with Gasteiger partial charge in [-0.05, 0) is 31.2 Å². The Labute approximate surface area is 114 Å². The molecule has 0 bridgehead atoms. The standard InChI is InChI=1S/C15H12F3NO/c1-11-2-8-14(9-3-11)19(20)10-12-4-6-13(7-5-12)15(16,17)18/h2-10H,1H3/b19-10-. The van der Waals surface area contributed by atoms with Gasteiger partial charge in [-0.1, -0.05) is 17.7 Å². The lowest BCUT2D eigenvalue weighted by Crippen LogP contribution is -2.05. The van der Waals surface area contributed by atoms with Crippen LogP contribution in [-0.4, -0.2) is 11.0 Å². The molecule has 0 saturated carbocycles. The predicted molar refractivity (Wildman–Crippen MR) is 71.1 cm³/mol. The molecule has 0 saturated heterocycles. The number of halogens is 3. The van der Waals surface area contributed by atoms with E-state index in [1.165, 1.54) is 18.3 Å². The van der Waals surface area contributed by atoms with Gasteiger partial charge in [0.15, 0.2) is 6.21 Å². The molecule has 0 N–H and O–H groups in total. The average molecular weight is 279 g/mol. The van der Waals surface area contributed by atoms with Gasteiger partial charge in [-0.15, -0.1) is 0 Å². The molecule has 0 atom stereocenters. The van der Waals surface area contributed by atoms with Crippen LogP contribution in [0.4, 0.5) is 18.9 Å². The molecular formula is C15H12F3NO. The number of alkyl halides is 3. The predicted octanol–water partition coefficient (Wildman–Crippen LogP) is 4.27. The zero-order chi connectivity index (χ0) is 14.8. The topological polar surface area (TPSA) is 26.1 Å². The zero-order valence-electron chi connectivity index (χ0n) is 10.7. The Bertz CT molecular complexity index is 613. The molecule has 0 amide bonds. The molecule has 0 aliphatic carbocycles. The van der Waals surface area contributed by atoms with Crippen LogP contribution in [0.1, 0.15) is 16.7 Å². The van der Waals surface area contributed by atoms with Gasteiger partial charge in [0.05, 0.1) is 5.56 Å². The quantitative estimate of drug-likeness (QED) is 0.349. The number of hydrogen-bond donors (Lipinski definition) is 0. The van der Waals surface area contributed by atoms with Gasteiger partial charge in [0.25, 0.3) is 0 Å². The van der Waals surface area contributed by atoms with Crippen molar-refractivity contribution in [3.63, 3.8) is 0 Å². The van der Waals surface area contributed by atoms with Crippen LogP contribution in [0.2, 0.25) is 0 Å². The Morgan fingerprint density at radius 3 is 2.00 bits per heavy atom. The molecule has 2 aromatic carbocycles. The van der Waals surface area contributed by atoms with E-state index in [1.807, 2.05) is 6.92 Å². The molecule has 0 heterocycles. The zero-order valence-corrected chi connectivity index (χ0v) is 10.7. The van der Waals surface area contributed by atoms with Crippen LogP contribution in [-0.2, 0) is 6.18 Å². The minimum absolute atomic E-state index is 0.411. The summed E-state index contributed by atoms with van der Waals surface area (Å²) >= 11 is 0. The van der Waals surface area contributed by atoms with Crippen molar-refractivity contribution in [1.29, 1.82) is 0 Å². The Hall–Kier alpha value is -2.30. The lowest BCUT2D eigenvalue weighted by atomic mass is 10.1. The number of hydrogen-bond acceptors (Lipinski definition) is 1. The highest BCUT2D eigenvalue weighted by Crippen LogP contribution is 2.28. The fraction of sp³-hybridized carbons (Fsp3) is 0.133. The molecule has 104 valence electrons. The fourth-order valence-corrected chi connectivity index (χ4v) is 1.66. The van der Waals surface area contributed by atoms with Crippen molar-refractivity contribution >= 4 is 11.9 Å². The van der Waals surface area contributed by atoms with E-state index in [1.54, 1.807) is 24.3 Å². The van der Waals surface area contributed by atoms with Gasteiger partial charge in [-0.2, -0.15) is 17.9 Å². The highest BCUT2D eigenvalue weighted by atomic mass is 19.4. The Morgan fingerprint density at radius 2 is 1.50 bits per heavy atom. The monoisotopic (exact) mass is 279 g/mol. The van der Waals surface area contributed by atoms with Crippen LogP contribution in [0.15, 0.2) is 48.5 Å². The van der Waals surface area contributed by atoms with Crippen molar-refractivity contribution in [2.45, 2.75) is 13.1 Å². The molecule has 0 aliphatic heterocycles. The van der Waals surface area contributed by atoms with E-state index >= 15 is 0 Å². The molecule has 0 radical (unpaired) electrons. The summed E-state index contributed by atoms with van der Waals surface area (Å²) in [5, 5.41) is 11.8. The second-order valence-electron chi connectivity index (χ2n) is 4.41. The molecule has 0 fully saturated rings. The van der Waals surface area contributed by atoms with Crippen molar-refractivity contribution in [2.75, 3.05) is 0 Å². The lowest BCUT2D eigenvalue weighted by Gasteiger charge is -2.06. The first-order valence-electron chi connectivity index (χ1n) is 5.91. The minimum Gasteiger partial charge on any atom is -0.618 e. The maximum absolute atomic E-state index is 12.4. The Kier molecular flexibility index (Phi) is 3.79. The molecule has 2 nitrogen and oxygen atoms in total. The molecule has 2 rings (SSSR count). The van der Waals surface area contributed by atoms with Crippen molar-refractivity contribution in [2.24, 2.45) is 0 Å². The molecular weight excluding hydrogens is 267 g/mol. The summed E-state index contributed by atoms with van der Waals surface area (Å²) in [5.74, 6) is 0. The number of nitrogens with zero attached hydrogens (tertiary/aromatic N) is 1. The van der Waals surface area contributed by atoms with Crippen LogP contribution in [0.25, 0.3) is 0 Å². The summed E-state index contributed by atoms with van der Waals surface area (Å²) in [7, 11) is 0. The molecule has 0 aromatic heterocycles. The summed E-state index contributed by atoms with van der Waals surface area (Å²) in [6.07, 6.45) is -3.13. The highest BCUT2D eigenvalue weighted by molar-refractivity contribution is 5.76. The van der Waals surface area contributed by atoms with E-state index in [0.717, 1.165) is 17.7 Å². The Morgan fingerprint density at radius 1 is 0.950 bits per heavy atom. The van der Waals surface area contributed by atoms with Gasteiger partial charge in [0.1, 0.15) is 0 Å². The van der Waals surface area contributed by atoms with E-state index < -0.39 is 11.7 Å². The first-order chi connectivity index (χ1) is 9.36. The third kappa shape index (κ3) is 3.38. The second-order valence-corrected chi connectivity index (χ2v) is 4.41. The molecule has 20 heavy (non-hydrogen) atoms. The van der Waals surface area contributed by atoms with Crippen molar-refractivity contribution in [3.8, 4) is 0 Å². The third-order valence-electron chi connectivity index (χ3n) is 2.79. The SMILES string of the molecule is Cc1ccc(/[N+]([O-])=C/c2ccc(C(F)(F)F)cc2)cc1. The molecule has 0 aliphatic rings. The maximum Gasteiger partial charge on any atom is 0.416 e. The Balaban J connectivity index is 2.24. The van der Waals surface area contributed by atoms with Crippen molar-refractivity contribution < 1.29 is 17.9 Å². The molecule has 0 unspecified atom stereocenters. The number of benzene rings is 2. The van der Waals surface area contributed by atoms with Crippen LogP contribution >= 0.6 is 0 Å². The van der Waals surface area contributed by atoms with Gasteiger partial charge in [0.2, 0.25) is 5.69 Å². The first-order valence-corrected chi connectivity index (χ1v) is 5.91. The van der Waals surface area contributed by atoms with Crippen LogP contribution in [0.3, 0.4) is 0 Å². The van der Waals surface area contributed by atoms with Crippen molar-refractivity contribution in [1.82, 2.24) is 0 Å². The van der Waals surface area contributed by atoms with Gasteiger partial charge in [-0.3, -0.25) is 0 Å². The molecule has 0 spiro atoms. The average Bonchev–Trinajstić information content (AvgIpc) is 2.39. The normalized spacial score (nSPS) is 12.5. The van der Waals surface area contributed by atoms with Crippen LogP contribution in [0.5, 0.6) is 0 Å². The maximum atomic E-state index is 12.4. The fourth-order valence-electron chi connectivity index (χ4n) is 1.66. The lowest BCUT2D eigenvalue weighted by molar-refractivity contribution is -0.354. The molecule has 5 heteroatoms. The summed E-state index contributed by atoms with van der Waals surface area (Å²) in [5.41, 5.74) is 1.13. The summed E-state index contributed by atoms with van der Waals surface area (Å²) in [6.45, 7) is 1.90. The summed E-state index contributed by atoms with van der Waals surface area (Å²) in [4.78, 5) is 0. The highest BCUT2D eigenvalue weighted by Gasteiger charge is 2.29. The third-order valence-corrected chi connectivity index (χ3v) is 2.79. The van der Waals surface area contributed by atoms with E-state index in [0.29, 0.717) is 16.0 Å². The van der Waals surface area contributed by atoms with Crippen LogP contribution < -0.4 is 0 Å². The van der Waals surface area contributed by atoms with Gasteiger partial charge >= 0.3 is 6.18 Å². The van der Waals surface area contributed by atoms with Crippen molar-refractivity contribution in [3.05, 3.63) is 70.4 Å². The minimum atomic E-state index is -4.37. The van der Waals surface area contributed by atoms with Gasteiger partial charge in [0, 0.05) is 17.7 Å². The van der Waals surface area contributed by atoms with E-state index in [4.69, 9.17) is 0 Å². The summed E-state index contributed by atoms with van der Waals surface area (Å²) in [6, 6.07) is 11.3. The first kappa shape index (κ1) is 14.1. The largest absolute Gasteiger partial charge is 0.618 e. The molecule has 2 aromatic rings. The summed E-state index contributed by atoms with van der Waals surface area (Å²) < 4.78 is 37.8.